The molecular weight excluding hydrogens is 232 g/mol. The molecule has 2 unspecified atom stereocenters. The van der Waals surface area contributed by atoms with Crippen molar-refractivity contribution in [3.8, 4) is 0 Å². The minimum Gasteiger partial charge on any atom is -0.390 e. The Kier molecular flexibility index (Phi) is 4.59. The summed E-state index contributed by atoms with van der Waals surface area (Å²) in [4.78, 5) is 14.0. The van der Waals surface area contributed by atoms with Crippen LogP contribution < -0.4 is 5.32 Å². The Morgan fingerprint density at radius 3 is 3.06 bits per heavy atom. The molecule has 5 nitrogen and oxygen atoms in total. The van der Waals surface area contributed by atoms with Crippen molar-refractivity contribution in [2.24, 2.45) is 0 Å². The molecule has 0 radical (unpaired) electrons. The Balaban J connectivity index is 1.81. The van der Waals surface area contributed by atoms with Gasteiger partial charge in [-0.15, -0.1) is 0 Å². The molecule has 0 aromatic heterocycles. The van der Waals surface area contributed by atoms with Crippen molar-refractivity contribution in [2.45, 2.75) is 44.3 Å². The molecule has 0 saturated carbocycles. The maximum atomic E-state index is 12.2. The van der Waals surface area contributed by atoms with Crippen LogP contribution in [0.4, 0.5) is 0 Å². The number of likely N-dealkylation sites (tertiary alicyclic amines) is 1. The molecule has 2 rings (SSSR count). The molecular formula is C13H24N2O3. The lowest BCUT2D eigenvalue weighted by molar-refractivity contribution is -0.134. The first-order chi connectivity index (χ1) is 8.57. The summed E-state index contributed by atoms with van der Waals surface area (Å²) >= 11 is 0. The third kappa shape index (κ3) is 3.93. The standard InChI is InChI=1S/C13H24N2O3/c1-13(17)3-2-6-15(7-4-13)12(16)9-11-10-14-5-8-18-11/h11,14,17H,2-10H2,1H3. The maximum Gasteiger partial charge on any atom is 0.225 e. The monoisotopic (exact) mass is 256 g/mol. The minimum absolute atomic E-state index is 0.00927. The lowest BCUT2D eigenvalue weighted by Crippen LogP contribution is -2.43. The van der Waals surface area contributed by atoms with Crippen LogP contribution in [0.15, 0.2) is 0 Å². The van der Waals surface area contributed by atoms with Crippen molar-refractivity contribution in [3.63, 3.8) is 0 Å². The quantitative estimate of drug-likeness (QED) is 0.737. The first kappa shape index (κ1) is 13.8. The van der Waals surface area contributed by atoms with Gasteiger partial charge in [-0.25, -0.2) is 0 Å². The fourth-order valence-electron chi connectivity index (χ4n) is 2.59. The number of carbonyl (C=O) groups is 1. The van der Waals surface area contributed by atoms with E-state index in [-0.39, 0.29) is 12.0 Å². The molecule has 5 heteroatoms. The highest BCUT2D eigenvalue weighted by Gasteiger charge is 2.28. The summed E-state index contributed by atoms with van der Waals surface area (Å²) in [5.74, 6) is 0.154. The van der Waals surface area contributed by atoms with E-state index in [1.165, 1.54) is 0 Å². The van der Waals surface area contributed by atoms with Gasteiger partial charge in [0.05, 0.1) is 24.7 Å². The summed E-state index contributed by atoms with van der Waals surface area (Å²) in [5.41, 5.74) is -0.613. The zero-order valence-corrected chi connectivity index (χ0v) is 11.2. The number of nitrogens with one attached hydrogen (secondary N) is 1. The molecule has 2 fully saturated rings. The van der Waals surface area contributed by atoms with Gasteiger partial charge in [0.1, 0.15) is 0 Å². The van der Waals surface area contributed by atoms with Crippen LogP contribution in [0.2, 0.25) is 0 Å². The second-order valence-electron chi connectivity index (χ2n) is 5.63. The Morgan fingerprint density at radius 1 is 1.50 bits per heavy atom. The van der Waals surface area contributed by atoms with Gasteiger partial charge in [0, 0.05) is 26.2 Å². The van der Waals surface area contributed by atoms with Crippen LogP contribution >= 0.6 is 0 Å². The van der Waals surface area contributed by atoms with Gasteiger partial charge in [0.15, 0.2) is 0 Å². The SMILES string of the molecule is CC1(O)CCCN(C(=O)CC2CNCCO2)CC1. The van der Waals surface area contributed by atoms with Crippen LogP contribution in [0.5, 0.6) is 0 Å². The van der Waals surface area contributed by atoms with Crippen molar-refractivity contribution >= 4 is 5.91 Å². The van der Waals surface area contributed by atoms with Crippen LogP contribution in [0.25, 0.3) is 0 Å². The fraction of sp³-hybridized carbons (Fsp3) is 0.923. The van der Waals surface area contributed by atoms with Crippen LogP contribution in [0, 0.1) is 0 Å². The minimum atomic E-state index is -0.613. The highest BCUT2D eigenvalue weighted by Crippen LogP contribution is 2.22. The molecule has 0 aliphatic carbocycles. The number of nitrogens with zero attached hydrogens (tertiary/aromatic N) is 1. The number of ether oxygens (including phenoxy) is 1. The molecule has 2 heterocycles. The van der Waals surface area contributed by atoms with E-state index in [1.54, 1.807) is 0 Å². The van der Waals surface area contributed by atoms with Gasteiger partial charge in [-0.3, -0.25) is 4.79 Å². The normalized spacial score (nSPS) is 34.1. The average Bonchev–Trinajstić information content (AvgIpc) is 2.51. The molecule has 0 aromatic carbocycles. The van der Waals surface area contributed by atoms with Crippen LogP contribution in [-0.4, -0.2) is 60.4 Å². The summed E-state index contributed by atoms with van der Waals surface area (Å²) in [5, 5.41) is 13.2. The summed E-state index contributed by atoms with van der Waals surface area (Å²) in [6.07, 6.45) is 2.79. The van der Waals surface area contributed by atoms with Crippen LogP contribution in [-0.2, 0) is 9.53 Å². The molecule has 104 valence electrons. The van der Waals surface area contributed by atoms with E-state index in [0.717, 1.165) is 32.5 Å². The number of hydrogen-bond donors (Lipinski definition) is 2. The van der Waals surface area contributed by atoms with Gasteiger partial charge in [-0.1, -0.05) is 0 Å². The molecule has 2 aliphatic heterocycles. The number of amides is 1. The summed E-state index contributed by atoms with van der Waals surface area (Å²) in [6, 6.07) is 0. The summed E-state index contributed by atoms with van der Waals surface area (Å²) in [6.45, 7) is 5.59. The largest absolute Gasteiger partial charge is 0.390 e. The first-order valence-corrected chi connectivity index (χ1v) is 6.89. The van der Waals surface area contributed by atoms with Crippen molar-refractivity contribution in [1.29, 1.82) is 0 Å². The molecule has 1 amide bonds. The van der Waals surface area contributed by atoms with E-state index in [9.17, 15) is 9.90 Å². The number of rotatable bonds is 2. The summed E-state index contributed by atoms with van der Waals surface area (Å²) in [7, 11) is 0. The molecule has 0 spiro atoms. The van der Waals surface area contributed by atoms with E-state index in [1.807, 2.05) is 11.8 Å². The van der Waals surface area contributed by atoms with E-state index in [0.29, 0.717) is 26.0 Å². The second kappa shape index (κ2) is 5.99. The topological polar surface area (TPSA) is 61.8 Å². The van der Waals surface area contributed by atoms with Crippen LogP contribution in [0.3, 0.4) is 0 Å². The lowest BCUT2D eigenvalue weighted by Gasteiger charge is -2.27. The number of morpholine rings is 1. The van der Waals surface area contributed by atoms with E-state index < -0.39 is 5.60 Å². The molecule has 2 N–H and O–H groups in total. The zero-order chi connectivity index (χ0) is 13.0. The van der Waals surface area contributed by atoms with Gasteiger partial charge < -0.3 is 20.1 Å². The Bertz CT molecular complexity index is 288. The Labute approximate surface area is 108 Å². The lowest BCUT2D eigenvalue weighted by atomic mass is 9.98. The molecule has 18 heavy (non-hydrogen) atoms. The highest BCUT2D eigenvalue weighted by atomic mass is 16.5. The predicted molar refractivity (Wildman–Crippen MR) is 68.3 cm³/mol. The van der Waals surface area contributed by atoms with Crippen molar-refractivity contribution in [2.75, 3.05) is 32.8 Å². The van der Waals surface area contributed by atoms with E-state index in [2.05, 4.69) is 5.32 Å². The maximum absolute atomic E-state index is 12.2. The van der Waals surface area contributed by atoms with Crippen molar-refractivity contribution in [3.05, 3.63) is 0 Å². The van der Waals surface area contributed by atoms with Gasteiger partial charge in [0.2, 0.25) is 5.91 Å². The molecule has 2 atom stereocenters. The Morgan fingerprint density at radius 2 is 2.33 bits per heavy atom. The predicted octanol–water partition coefficient (Wildman–Crippen LogP) is 0.128. The number of hydrogen-bond acceptors (Lipinski definition) is 4. The van der Waals surface area contributed by atoms with Gasteiger partial charge >= 0.3 is 0 Å². The summed E-state index contributed by atoms with van der Waals surface area (Å²) < 4.78 is 5.55. The molecule has 2 saturated heterocycles. The third-order valence-corrected chi connectivity index (χ3v) is 3.82. The molecule has 0 aromatic rings. The van der Waals surface area contributed by atoms with E-state index in [4.69, 9.17) is 4.74 Å². The molecule has 2 aliphatic rings. The third-order valence-electron chi connectivity index (χ3n) is 3.82. The van der Waals surface area contributed by atoms with Gasteiger partial charge in [-0.2, -0.15) is 0 Å². The second-order valence-corrected chi connectivity index (χ2v) is 5.63. The van der Waals surface area contributed by atoms with E-state index >= 15 is 0 Å². The number of aliphatic hydroxyl groups is 1. The van der Waals surface area contributed by atoms with Crippen LogP contribution in [0.1, 0.15) is 32.6 Å². The average molecular weight is 256 g/mol. The first-order valence-electron chi connectivity index (χ1n) is 6.89. The number of carbonyl (C=O) groups excluding carboxylic acids is 1. The van der Waals surface area contributed by atoms with Crippen molar-refractivity contribution < 1.29 is 14.6 Å². The van der Waals surface area contributed by atoms with Gasteiger partial charge in [-0.05, 0) is 26.2 Å². The zero-order valence-electron chi connectivity index (χ0n) is 11.2. The van der Waals surface area contributed by atoms with Crippen molar-refractivity contribution in [1.82, 2.24) is 10.2 Å². The van der Waals surface area contributed by atoms with Gasteiger partial charge in [0.25, 0.3) is 0 Å². The Hall–Kier alpha value is -0.650. The smallest absolute Gasteiger partial charge is 0.225 e. The highest BCUT2D eigenvalue weighted by molar-refractivity contribution is 5.76. The molecule has 0 bridgehead atoms. The fourth-order valence-corrected chi connectivity index (χ4v) is 2.59.